The highest BCUT2D eigenvalue weighted by molar-refractivity contribution is 5.85. The van der Waals surface area contributed by atoms with E-state index < -0.39 is 0 Å². The van der Waals surface area contributed by atoms with E-state index in [-0.39, 0.29) is 41.5 Å². The minimum Gasteiger partial charge on any atom is -0.493 e. The van der Waals surface area contributed by atoms with Crippen LogP contribution in [0.5, 0.6) is 11.5 Å². The van der Waals surface area contributed by atoms with E-state index in [1.54, 1.807) is 13.2 Å². The van der Waals surface area contributed by atoms with Gasteiger partial charge in [0.2, 0.25) is 0 Å². The number of rotatable bonds is 7. The summed E-state index contributed by atoms with van der Waals surface area (Å²) in [6.07, 6.45) is 0.945. The summed E-state index contributed by atoms with van der Waals surface area (Å²) < 4.78 is 10.6. The Kier molecular flexibility index (Phi) is 10.9. The van der Waals surface area contributed by atoms with Gasteiger partial charge in [-0.2, -0.15) is 0 Å². The third-order valence-corrected chi connectivity index (χ3v) is 4.78. The summed E-state index contributed by atoms with van der Waals surface area (Å²) in [6, 6.07) is 3.24. The highest BCUT2D eigenvalue weighted by Crippen LogP contribution is 2.42. The van der Waals surface area contributed by atoms with E-state index in [9.17, 15) is 10.1 Å². The molecule has 1 fully saturated rings. The second-order valence-corrected chi connectivity index (χ2v) is 6.14. The van der Waals surface area contributed by atoms with Gasteiger partial charge in [0.1, 0.15) is 0 Å². The van der Waals surface area contributed by atoms with Gasteiger partial charge in [-0.05, 0) is 12.0 Å². The van der Waals surface area contributed by atoms with Crippen LogP contribution in [0.1, 0.15) is 31.9 Å². The van der Waals surface area contributed by atoms with Gasteiger partial charge >= 0.3 is 0 Å². The Bertz CT molecular complexity index is 583. The lowest BCUT2D eigenvalue weighted by Crippen LogP contribution is -2.46. The van der Waals surface area contributed by atoms with Crippen LogP contribution in [0.25, 0.3) is 0 Å². The highest BCUT2D eigenvalue weighted by atomic mass is 35.5. The quantitative estimate of drug-likeness (QED) is 0.548. The molecular weight excluding hydrogens is 381 g/mol. The lowest BCUT2D eigenvalue weighted by atomic mass is 9.89. The number of methoxy groups -OCH3 is 2. The van der Waals surface area contributed by atoms with Crippen LogP contribution in [0.3, 0.4) is 0 Å². The largest absolute Gasteiger partial charge is 0.493 e. The van der Waals surface area contributed by atoms with E-state index in [4.69, 9.17) is 9.47 Å². The van der Waals surface area contributed by atoms with E-state index in [0.29, 0.717) is 23.0 Å². The zero-order chi connectivity index (χ0) is 17.7. The topological polar surface area (TPSA) is 76.9 Å². The Labute approximate surface area is 167 Å². The predicted octanol–water partition coefficient (Wildman–Crippen LogP) is 3.45. The molecule has 26 heavy (non-hydrogen) atoms. The Morgan fingerprint density at radius 3 is 2.19 bits per heavy atom. The molecular formula is C17H29Cl2N3O4. The van der Waals surface area contributed by atoms with Crippen molar-refractivity contribution in [2.75, 3.05) is 40.4 Å². The van der Waals surface area contributed by atoms with Crippen LogP contribution in [-0.4, -0.2) is 50.2 Å². The van der Waals surface area contributed by atoms with Crippen molar-refractivity contribution in [1.29, 1.82) is 0 Å². The van der Waals surface area contributed by atoms with Crippen molar-refractivity contribution in [3.8, 4) is 11.5 Å². The number of ether oxygens (including phenoxy) is 2. The molecule has 0 aromatic heterocycles. The third kappa shape index (κ3) is 5.36. The Hall–Kier alpha value is -1.28. The van der Waals surface area contributed by atoms with Crippen LogP contribution in [-0.2, 0) is 0 Å². The lowest BCUT2D eigenvalue weighted by molar-refractivity contribution is -0.386. The molecule has 1 aliphatic rings. The van der Waals surface area contributed by atoms with Gasteiger partial charge in [0.25, 0.3) is 5.69 Å². The molecule has 0 radical (unpaired) electrons. The molecule has 7 nitrogen and oxygen atoms in total. The van der Waals surface area contributed by atoms with Crippen molar-refractivity contribution >= 4 is 30.5 Å². The number of halogens is 2. The van der Waals surface area contributed by atoms with E-state index in [0.717, 1.165) is 32.6 Å². The Balaban J connectivity index is 0.00000312. The molecule has 0 aliphatic carbocycles. The molecule has 0 saturated carbocycles. The normalized spacial score (nSPS) is 16.6. The maximum Gasteiger partial charge on any atom is 0.278 e. The van der Waals surface area contributed by atoms with Gasteiger partial charge in [0, 0.05) is 32.2 Å². The van der Waals surface area contributed by atoms with E-state index in [1.165, 1.54) is 13.2 Å². The second kappa shape index (κ2) is 11.4. The SMILES string of the molecule is CCC(C)[C@H](c1cc(OC)c(OC)cc1[N+](=O)[O-])N1CCNCC1.Cl.Cl. The molecule has 150 valence electrons. The molecule has 0 bridgehead atoms. The number of nitro groups is 1. The van der Waals surface area contributed by atoms with Crippen molar-refractivity contribution in [3.05, 3.63) is 27.8 Å². The standard InChI is InChI=1S/C17H27N3O4.2ClH/c1-5-12(2)17(19-8-6-18-7-9-19)13-10-15(23-3)16(24-4)11-14(13)20(21)22;;/h10-12,17-18H,5-9H2,1-4H3;2*1H/t12?,17-;;/m1../s1. The van der Waals surface area contributed by atoms with Crippen LogP contribution < -0.4 is 14.8 Å². The molecule has 1 heterocycles. The summed E-state index contributed by atoms with van der Waals surface area (Å²) >= 11 is 0. The van der Waals surface area contributed by atoms with Crippen LogP contribution >= 0.6 is 24.8 Å². The van der Waals surface area contributed by atoms with Gasteiger partial charge in [-0.15, -0.1) is 24.8 Å². The molecule has 2 rings (SSSR count). The maximum atomic E-state index is 11.7. The monoisotopic (exact) mass is 409 g/mol. The number of nitro benzene ring substituents is 1. The number of hydrogen-bond donors (Lipinski definition) is 1. The summed E-state index contributed by atoms with van der Waals surface area (Å²) in [6.45, 7) is 7.81. The van der Waals surface area contributed by atoms with Crippen LogP contribution in [0.15, 0.2) is 12.1 Å². The fraction of sp³-hybridized carbons (Fsp3) is 0.647. The zero-order valence-corrected chi connectivity index (χ0v) is 17.3. The summed E-state index contributed by atoms with van der Waals surface area (Å²) in [5, 5.41) is 15.0. The van der Waals surface area contributed by atoms with E-state index in [1.807, 2.05) is 0 Å². The van der Waals surface area contributed by atoms with Crippen LogP contribution in [0.4, 0.5) is 5.69 Å². The number of hydrogen-bond acceptors (Lipinski definition) is 6. The smallest absolute Gasteiger partial charge is 0.278 e. The number of nitrogens with one attached hydrogen (secondary N) is 1. The molecule has 1 unspecified atom stereocenters. The lowest BCUT2D eigenvalue weighted by Gasteiger charge is -2.38. The van der Waals surface area contributed by atoms with Gasteiger partial charge in [0.15, 0.2) is 11.5 Å². The summed E-state index contributed by atoms with van der Waals surface area (Å²) in [7, 11) is 3.04. The first kappa shape index (κ1) is 24.7. The average Bonchev–Trinajstić information content (AvgIpc) is 2.61. The number of benzene rings is 1. The fourth-order valence-corrected chi connectivity index (χ4v) is 3.33. The summed E-state index contributed by atoms with van der Waals surface area (Å²) in [5.41, 5.74) is 0.797. The molecule has 1 aromatic carbocycles. The Morgan fingerprint density at radius 1 is 1.19 bits per heavy atom. The summed E-state index contributed by atoms with van der Waals surface area (Å²) in [4.78, 5) is 13.7. The van der Waals surface area contributed by atoms with Gasteiger partial charge in [-0.1, -0.05) is 20.3 Å². The highest BCUT2D eigenvalue weighted by Gasteiger charge is 2.33. The second-order valence-electron chi connectivity index (χ2n) is 6.14. The van der Waals surface area contributed by atoms with Crippen molar-refractivity contribution in [3.63, 3.8) is 0 Å². The van der Waals surface area contributed by atoms with E-state index >= 15 is 0 Å². The van der Waals surface area contributed by atoms with Crippen molar-refractivity contribution in [2.24, 2.45) is 5.92 Å². The zero-order valence-electron chi connectivity index (χ0n) is 15.7. The third-order valence-electron chi connectivity index (χ3n) is 4.78. The van der Waals surface area contributed by atoms with Crippen molar-refractivity contribution in [1.82, 2.24) is 10.2 Å². The molecule has 0 amide bonds. The van der Waals surface area contributed by atoms with Crippen molar-refractivity contribution < 1.29 is 14.4 Å². The maximum absolute atomic E-state index is 11.7. The minimum absolute atomic E-state index is 0. The number of nitrogens with zero attached hydrogens (tertiary/aromatic N) is 2. The first-order chi connectivity index (χ1) is 11.5. The van der Waals surface area contributed by atoms with E-state index in [2.05, 4.69) is 24.1 Å². The van der Waals surface area contributed by atoms with Gasteiger partial charge in [-0.3, -0.25) is 15.0 Å². The molecule has 0 spiro atoms. The minimum atomic E-state index is -0.325. The first-order valence-electron chi connectivity index (χ1n) is 8.38. The Morgan fingerprint density at radius 2 is 1.73 bits per heavy atom. The number of piperazine rings is 1. The first-order valence-corrected chi connectivity index (χ1v) is 8.38. The van der Waals surface area contributed by atoms with Gasteiger partial charge < -0.3 is 14.8 Å². The predicted molar refractivity (Wildman–Crippen MR) is 107 cm³/mol. The van der Waals surface area contributed by atoms with Gasteiger partial charge in [-0.25, -0.2) is 0 Å². The average molecular weight is 410 g/mol. The molecule has 9 heteroatoms. The molecule has 2 atom stereocenters. The fourth-order valence-electron chi connectivity index (χ4n) is 3.33. The van der Waals surface area contributed by atoms with Crippen LogP contribution in [0.2, 0.25) is 0 Å². The van der Waals surface area contributed by atoms with Gasteiger partial charge in [0.05, 0.1) is 30.8 Å². The van der Waals surface area contributed by atoms with Crippen LogP contribution in [0, 0.1) is 16.0 Å². The molecule has 1 aromatic rings. The summed E-state index contributed by atoms with van der Waals surface area (Å²) in [5.74, 6) is 1.21. The molecule has 1 saturated heterocycles. The molecule has 1 aliphatic heterocycles. The van der Waals surface area contributed by atoms with Crippen molar-refractivity contribution in [2.45, 2.75) is 26.3 Å². The molecule has 1 N–H and O–H groups in total.